The summed E-state index contributed by atoms with van der Waals surface area (Å²) < 4.78 is 13.8. The monoisotopic (exact) mass is 299 g/mol. The van der Waals surface area contributed by atoms with Gasteiger partial charge in [0.2, 0.25) is 0 Å². The molecule has 2 N–H and O–H groups in total. The fraction of sp³-hybridized carbons (Fsp3) is 0.462. The molecule has 4 heteroatoms. The van der Waals surface area contributed by atoms with Crippen molar-refractivity contribution < 1.29 is 9.18 Å². The molecule has 0 bridgehead atoms. The molecule has 2 nitrogen and oxygen atoms in total. The molecule has 0 radical (unpaired) electrons. The fourth-order valence-electron chi connectivity index (χ4n) is 2.29. The Bertz CT molecular complexity index is 417. The molecule has 0 heterocycles. The molecule has 1 fully saturated rings. The molecule has 17 heavy (non-hydrogen) atoms. The van der Waals surface area contributed by atoms with Crippen LogP contribution in [0.5, 0.6) is 0 Å². The zero-order chi connectivity index (χ0) is 12.5. The maximum Gasteiger partial charge on any atom is 0.144 e. The standard InChI is InChI=1S/C13H15BrFNO/c14-10-4-9(5-11(15)7-10)6-12(17)13(8-16)2-1-3-13/h4-5,7H,1-3,6,8,16H2. The number of hydrogen-bond acceptors (Lipinski definition) is 2. The number of benzene rings is 1. The molecule has 1 aromatic rings. The van der Waals surface area contributed by atoms with Gasteiger partial charge in [0.25, 0.3) is 0 Å². The average Bonchev–Trinajstić information content (AvgIpc) is 2.14. The van der Waals surface area contributed by atoms with Crippen LogP contribution >= 0.6 is 15.9 Å². The molecule has 1 aromatic carbocycles. The number of nitrogens with two attached hydrogens (primary N) is 1. The zero-order valence-corrected chi connectivity index (χ0v) is 11.1. The molecule has 0 aliphatic heterocycles. The lowest BCUT2D eigenvalue weighted by Crippen LogP contribution is -2.45. The summed E-state index contributed by atoms with van der Waals surface area (Å²) in [7, 11) is 0. The quantitative estimate of drug-likeness (QED) is 0.929. The van der Waals surface area contributed by atoms with Crippen molar-refractivity contribution in [3.8, 4) is 0 Å². The summed E-state index contributed by atoms with van der Waals surface area (Å²) >= 11 is 3.23. The molecule has 92 valence electrons. The summed E-state index contributed by atoms with van der Waals surface area (Å²) in [6, 6.07) is 4.57. The smallest absolute Gasteiger partial charge is 0.144 e. The number of Topliss-reactive ketones (excluding diaryl/α,β-unsaturated/α-hetero) is 1. The molecule has 0 aromatic heterocycles. The van der Waals surface area contributed by atoms with Gasteiger partial charge in [-0.05, 0) is 36.6 Å². The Morgan fingerprint density at radius 2 is 2.12 bits per heavy atom. The van der Waals surface area contributed by atoms with Gasteiger partial charge in [-0.15, -0.1) is 0 Å². The summed E-state index contributed by atoms with van der Waals surface area (Å²) in [6.45, 7) is 0.405. The summed E-state index contributed by atoms with van der Waals surface area (Å²) in [4.78, 5) is 12.2. The number of hydrogen-bond donors (Lipinski definition) is 1. The first-order valence-electron chi connectivity index (χ1n) is 5.74. The largest absolute Gasteiger partial charge is 0.329 e. The first-order valence-corrected chi connectivity index (χ1v) is 6.53. The summed E-state index contributed by atoms with van der Waals surface area (Å²) in [5, 5.41) is 0. The lowest BCUT2D eigenvalue weighted by atomic mass is 9.65. The normalized spacial score (nSPS) is 17.6. The van der Waals surface area contributed by atoms with E-state index in [0.717, 1.165) is 19.3 Å². The molecule has 0 atom stereocenters. The van der Waals surface area contributed by atoms with Crippen LogP contribution in [0.4, 0.5) is 4.39 Å². The van der Waals surface area contributed by atoms with Crippen LogP contribution in [0.2, 0.25) is 0 Å². The van der Waals surface area contributed by atoms with Crippen LogP contribution < -0.4 is 5.73 Å². The zero-order valence-electron chi connectivity index (χ0n) is 9.51. The molecule has 0 unspecified atom stereocenters. The van der Waals surface area contributed by atoms with Crippen molar-refractivity contribution in [1.29, 1.82) is 0 Å². The van der Waals surface area contributed by atoms with Crippen molar-refractivity contribution in [3.63, 3.8) is 0 Å². The van der Waals surface area contributed by atoms with E-state index in [2.05, 4.69) is 15.9 Å². The second-order valence-corrected chi connectivity index (χ2v) is 5.63. The number of carbonyl (C=O) groups is 1. The van der Waals surface area contributed by atoms with Crippen molar-refractivity contribution in [2.24, 2.45) is 11.1 Å². The number of rotatable bonds is 4. The molecule has 0 saturated heterocycles. The minimum Gasteiger partial charge on any atom is -0.329 e. The van der Waals surface area contributed by atoms with Crippen LogP contribution in [0, 0.1) is 11.2 Å². The third-order valence-corrected chi connectivity index (χ3v) is 4.04. The SMILES string of the molecule is NCC1(C(=O)Cc2cc(F)cc(Br)c2)CCC1. The van der Waals surface area contributed by atoms with E-state index in [9.17, 15) is 9.18 Å². The van der Waals surface area contributed by atoms with Crippen LogP contribution in [-0.2, 0) is 11.2 Å². The van der Waals surface area contributed by atoms with Crippen molar-refractivity contribution >= 4 is 21.7 Å². The molecule has 0 amide bonds. The van der Waals surface area contributed by atoms with Crippen molar-refractivity contribution in [1.82, 2.24) is 0 Å². The lowest BCUT2D eigenvalue weighted by molar-refractivity contribution is -0.132. The number of halogens is 2. The first-order chi connectivity index (χ1) is 8.05. The highest BCUT2D eigenvalue weighted by atomic mass is 79.9. The van der Waals surface area contributed by atoms with Gasteiger partial charge in [0.15, 0.2) is 0 Å². The molecular weight excluding hydrogens is 285 g/mol. The minimum absolute atomic E-state index is 0.142. The second kappa shape index (κ2) is 4.86. The second-order valence-electron chi connectivity index (χ2n) is 4.72. The number of carbonyl (C=O) groups excluding carboxylic acids is 1. The Hall–Kier alpha value is -0.740. The Balaban J connectivity index is 2.12. The molecule has 2 rings (SSSR count). The Labute approximate surface area is 109 Å². The van der Waals surface area contributed by atoms with E-state index in [1.807, 2.05) is 0 Å². The maximum atomic E-state index is 13.2. The van der Waals surface area contributed by atoms with Crippen LogP contribution in [0.15, 0.2) is 22.7 Å². The minimum atomic E-state index is -0.335. The van der Waals surface area contributed by atoms with E-state index < -0.39 is 0 Å². The molecule has 1 saturated carbocycles. The van der Waals surface area contributed by atoms with Gasteiger partial charge < -0.3 is 5.73 Å². The highest BCUT2D eigenvalue weighted by Crippen LogP contribution is 2.41. The van der Waals surface area contributed by atoms with E-state index in [1.165, 1.54) is 12.1 Å². The van der Waals surface area contributed by atoms with Gasteiger partial charge in [-0.3, -0.25) is 4.79 Å². The maximum absolute atomic E-state index is 13.2. The van der Waals surface area contributed by atoms with Crippen LogP contribution in [0.3, 0.4) is 0 Å². The van der Waals surface area contributed by atoms with Gasteiger partial charge >= 0.3 is 0 Å². The fourth-order valence-corrected chi connectivity index (χ4v) is 2.80. The summed E-state index contributed by atoms with van der Waals surface area (Å²) in [5.74, 6) is -0.179. The van der Waals surface area contributed by atoms with E-state index in [-0.39, 0.29) is 23.4 Å². The topological polar surface area (TPSA) is 43.1 Å². The van der Waals surface area contributed by atoms with Crippen molar-refractivity contribution in [2.45, 2.75) is 25.7 Å². The highest BCUT2D eigenvalue weighted by molar-refractivity contribution is 9.10. The average molecular weight is 300 g/mol. The van der Waals surface area contributed by atoms with Crippen LogP contribution in [0.1, 0.15) is 24.8 Å². The molecule has 1 aliphatic rings. The first kappa shape index (κ1) is 12.7. The van der Waals surface area contributed by atoms with Gasteiger partial charge in [0.1, 0.15) is 11.6 Å². The van der Waals surface area contributed by atoms with Gasteiger partial charge in [-0.25, -0.2) is 4.39 Å². The predicted octanol–water partition coefficient (Wildman–Crippen LogP) is 2.83. The van der Waals surface area contributed by atoms with Gasteiger partial charge in [0.05, 0.1) is 0 Å². The van der Waals surface area contributed by atoms with E-state index in [0.29, 0.717) is 16.6 Å². The van der Waals surface area contributed by atoms with E-state index >= 15 is 0 Å². The van der Waals surface area contributed by atoms with Gasteiger partial charge in [0, 0.05) is 22.9 Å². The van der Waals surface area contributed by atoms with E-state index in [1.54, 1.807) is 6.07 Å². The summed E-state index contributed by atoms with van der Waals surface area (Å²) in [5.41, 5.74) is 6.05. The Morgan fingerprint density at radius 1 is 1.41 bits per heavy atom. The highest BCUT2D eigenvalue weighted by Gasteiger charge is 2.41. The Kier molecular flexibility index (Phi) is 3.64. The predicted molar refractivity (Wildman–Crippen MR) is 68.1 cm³/mol. The van der Waals surface area contributed by atoms with Crippen molar-refractivity contribution in [2.75, 3.05) is 6.54 Å². The third-order valence-electron chi connectivity index (χ3n) is 3.58. The van der Waals surface area contributed by atoms with Crippen molar-refractivity contribution in [3.05, 3.63) is 34.1 Å². The lowest BCUT2D eigenvalue weighted by Gasteiger charge is -2.39. The van der Waals surface area contributed by atoms with Crippen LogP contribution in [0.25, 0.3) is 0 Å². The van der Waals surface area contributed by atoms with Crippen LogP contribution in [-0.4, -0.2) is 12.3 Å². The van der Waals surface area contributed by atoms with Gasteiger partial charge in [-0.2, -0.15) is 0 Å². The molecular formula is C13H15BrFNO. The van der Waals surface area contributed by atoms with Gasteiger partial charge in [-0.1, -0.05) is 22.4 Å². The number of ketones is 1. The summed E-state index contributed by atoms with van der Waals surface area (Å²) in [6.07, 6.45) is 3.08. The Morgan fingerprint density at radius 3 is 2.59 bits per heavy atom. The third kappa shape index (κ3) is 2.58. The molecule has 1 aliphatic carbocycles. The van der Waals surface area contributed by atoms with E-state index in [4.69, 9.17) is 5.73 Å². The molecule has 0 spiro atoms.